The molecule has 0 aromatic rings. The molecule has 118 valence electrons. The molecule has 0 unspecified atom stereocenters. The molecule has 1 aliphatic carbocycles. The van der Waals surface area contributed by atoms with E-state index < -0.39 is 0 Å². The van der Waals surface area contributed by atoms with Crippen LogP contribution in [0.5, 0.6) is 0 Å². The van der Waals surface area contributed by atoms with Crippen LogP contribution < -0.4 is 0 Å². The summed E-state index contributed by atoms with van der Waals surface area (Å²) in [6.07, 6.45) is 16.0. The van der Waals surface area contributed by atoms with E-state index in [1.807, 2.05) is 0 Å². The lowest BCUT2D eigenvalue weighted by Gasteiger charge is -2.25. The van der Waals surface area contributed by atoms with Crippen molar-refractivity contribution in [2.75, 3.05) is 0 Å². The van der Waals surface area contributed by atoms with Gasteiger partial charge in [-0.1, -0.05) is 71.1 Å². The smallest absolute Gasteiger partial charge is 0.138 e. The van der Waals surface area contributed by atoms with Crippen LogP contribution in [0.4, 0.5) is 0 Å². The van der Waals surface area contributed by atoms with Crippen molar-refractivity contribution < 1.29 is 9.90 Å². The zero-order valence-corrected chi connectivity index (χ0v) is 13.4. The Bertz CT molecular complexity index is 250. The molecule has 0 heterocycles. The molecule has 0 aromatic heterocycles. The van der Waals surface area contributed by atoms with Crippen LogP contribution in [-0.2, 0) is 4.79 Å². The maximum absolute atomic E-state index is 11.7. The van der Waals surface area contributed by atoms with Crippen LogP contribution in [0.3, 0.4) is 0 Å². The maximum atomic E-state index is 11.7. The van der Waals surface area contributed by atoms with E-state index in [1.54, 1.807) is 0 Å². The van der Waals surface area contributed by atoms with Crippen molar-refractivity contribution in [1.29, 1.82) is 0 Å². The predicted octanol–water partition coefficient (Wildman–Crippen LogP) is 5.03. The van der Waals surface area contributed by atoms with Gasteiger partial charge in [0.25, 0.3) is 0 Å². The predicted molar refractivity (Wildman–Crippen MR) is 84.8 cm³/mol. The van der Waals surface area contributed by atoms with E-state index in [1.165, 1.54) is 51.4 Å². The highest BCUT2D eigenvalue weighted by molar-refractivity contribution is 5.82. The molecular formula is C18H34O2. The first-order valence-electron chi connectivity index (χ1n) is 8.96. The van der Waals surface area contributed by atoms with E-state index in [9.17, 15) is 9.90 Å². The quantitative estimate of drug-likeness (QED) is 0.540. The summed E-state index contributed by atoms with van der Waals surface area (Å²) >= 11 is 0. The number of rotatable bonds is 11. The molecule has 20 heavy (non-hydrogen) atoms. The van der Waals surface area contributed by atoms with Crippen molar-refractivity contribution >= 4 is 5.78 Å². The molecule has 0 saturated heterocycles. The Morgan fingerprint density at radius 1 is 1.00 bits per heavy atom. The standard InChI is InChI=1S/C18H34O2/c1-2-3-4-5-6-7-8-9-10-14-17(19)16-13-11-12-15-18(16)20/h16-17,19H,2-15H2,1H3/t16-,17-/m0/s1. The Morgan fingerprint density at radius 3 is 2.20 bits per heavy atom. The summed E-state index contributed by atoms with van der Waals surface area (Å²) < 4.78 is 0. The summed E-state index contributed by atoms with van der Waals surface area (Å²) in [5, 5.41) is 10.1. The average molecular weight is 282 g/mol. The second-order valence-electron chi connectivity index (χ2n) is 6.50. The Morgan fingerprint density at radius 2 is 1.60 bits per heavy atom. The van der Waals surface area contributed by atoms with Crippen molar-refractivity contribution in [3.05, 3.63) is 0 Å². The lowest BCUT2D eigenvalue weighted by atomic mass is 9.82. The first-order chi connectivity index (χ1) is 9.75. The lowest BCUT2D eigenvalue weighted by molar-refractivity contribution is -0.128. The number of hydrogen-bond acceptors (Lipinski definition) is 2. The highest BCUT2D eigenvalue weighted by Gasteiger charge is 2.28. The average Bonchev–Trinajstić information content (AvgIpc) is 2.46. The Labute approximate surface area is 125 Å². The van der Waals surface area contributed by atoms with E-state index >= 15 is 0 Å². The molecule has 2 atom stereocenters. The molecule has 1 rings (SSSR count). The molecule has 1 fully saturated rings. The topological polar surface area (TPSA) is 37.3 Å². The molecule has 0 bridgehead atoms. The van der Waals surface area contributed by atoms with Crippen LogP contribution in [0.25, 0.3) is 0 Å². The van der Waals surface area contributed by atoms with E-state index in [0.29, 0.717) is 12.2 Å². The van der Waals surface area contributed by atoms with Crippen LogP contribution in [-0.4, -0.2) is 17.0 Å². The number of hydrogen-bond donors (Lipinski definition) is 1. The number of carbonyl (C=O) groups is 1. The van der Waals surface area contributed by atoms with Crippen molar-refractivity contribution in [3.8, 4) is 0 Å². The van der Waals surface area contributed by atoms with Crippen LogP contribution in [0.15, 0.2) is 0 Å². The van der Waals surface area contributed by atoms with Gasteiger partial charge in [0.15, 0.2) is 0 Å². The fourth-order valence-electron chi connectivity index (χ4n) is 3.28. The van der Waals surface area contributed by atoms with E-state index in [4.69, 9.17) is 0 Å². The van der Waals surface area contributed by atoms with Crippen LogP contribution >= 0.6 is 0 Å². The summed E-state index contributed by atoms with van der Waals surface area (Å²) in [4.78, 5) is 11.7. The molecule has 2 heteroatoms. The van der Waals surface area contributed by atoms with Gasteiger partial charge < -0.3 is 5.11 Å². The third kappa shape index (κ3) is 7.42. The molecule has 0 spiro atoms. The Kier molecular flexibility index (Phi) is 10.00. The second kappa shape index (κ2) is 11.3. The van der Waals surface area contributed by atoms with Crippen molar-refractivity contribution in [1.82, 2.24) is 0 Å². The summed E-state index contributed by atoms with van der Waals surface area (Å²) in [5.41, 5.74) is 0. The van der Waals surface area contributed by atoms with Crippen molar-refractivity contribution in [2.45, 2.75) is 103 Å². The van der Waals surface area contributed by atoms with E-state index in [-0.39, 0.29) is 12.0 Å². The maximum Gasteiger partial charge on any atom is 0.138 e. The van der Waals surface area contributed by atoms with Gasteiger partial charge in [0.2, 0.25) is 0 Å². The zero-order chi connectivity index (χ0) is 14.6. The van der Waals surface area contributed by atoms with Crippen LogP contribution in [0.2, 0.25) is 0 Å². The second-order valence-corrected chi connectivity index (χ2v) is 6.50. The minimum absolute atomic E-state index is 0.0437. The summed E-state index contributed by atoms with van der Waals surface area (Å²) in [5.74, 6) is 0.262. The Hall–Kier alpha value is -0.370. The number of aliphatic hydroxyl groups excluding tert-OH is 1. The minimum Gasteiger partial charge on any atom is -0.392 e. The van der Waals surface area contributed by atoms with E-state index in [0.717, 1.165) is 32.1 Å². The number of unbranched alkanes of at least 4 members (excludes halogenated alkanes) is 8. The normalized spacial score (nSPS) is 21.1. The first kappa shape index (κ1) is 17.7. The van der Waals surface area contributed by atoms with Crippen LogP contribution in [0.1, 0.15) is 96.8 Å². The molecule has 0 radical (unpaired) electrons. The van der Waals surface area contributed by atoms with Gasteiger partial charge in [0.1, 0.15) is 5.78 Å². The van der Waals surface area contributed by atoms with Gasteiger partial charge >= 0.3 is 0 Å². The number of Topliss-reactive ketones (excluding diaryl/α,β-unsaturated/α-hetero) is 1. The molecular weight excluding hydrogens is 248 g/mol. The number of aliphatic hydroxyl groups is 1. The Balaban J connectivity index is 1.94. The monoisotopic (exact) mass is 282 g/mol. The van der Waals surface area contributed by atoms with Crippen molar-refractivity contribution in [3.63, 3.8) is 0 Å². The third-order valence-corrected chi connectivity index (χ3v) is 4.67. The van der Waals surface area contributed by atoms with Gasteiger partial charge in [-0.2, -0.15) is 0 Å². The molecule has 0 aromatic carbocycles. The van der Waals surface area contributed by atoms with Gasteiger partial charge in [-0.05, 0) is 19.3 Å². The van der Waals surface area contributed by atoms with Gasteiger partial charge in [0, 0.05) is 12.3 Å². The molecule has 1 N–H and O–H groups in total. The molecule has 0 aliphatic heterocycles. The van der Waals surface area contributed by atoms with Gasteiger partial charge in [-0.15, -0.1) is 0 Å². The molecule has 0 amide bonds. The van der Waals surface area contributed by atoms with Crippen LogP contribution in [0, 0.1) is 5.92 Å². The zero-order valence-electron chi connectivity index (χ0n) is 13.4. The van der Waals surface area contributed by atoms with Gasteiger partial charge in [-0.25, -0.2) is 0 Å². The summed E-state index contributed by atoms with van der Waals surface area (Å²) in [6, 6.07) is 0. The molecule has 1 aliphatic rings. The van der Waals surface area contributed by atoms with Crippen molar-refractivity contribution in [2.24, 2.45) is 5.92 Å². The lowest BCUT2D eigenvalue weighted by Crippen LogP contribution is -2.30. The highest BCUT2D eigenvalue weighted by Crippen LogP contribution is 2.26. The summed E-state index contributed by atoms with van der Waals surface area (Å²) in [7, 11) is 0. The van der Waals surface area contributed by atoms with Gasteiger partial charge in [0.05, 0.1) is 6.10 Å². The SMILES string of the molecule is CCCCCCCCCCC[C@H](O)[C@@H]1CCCCC1=O. The highest BCUT2D eigenvalue weighted by atomic mass is 16.3. The van der Waals surface area contributed by atoms with E-state index in [2.05, 4.69) is 6.92 Å². The summed E-state index contributed by atoms with van der Waals surface area (Å²) in [6.45, 7) is 2.25. The minimum atomic E-state index is -0.368. The fourth-order valence-corrected chi connectivity index (χ4v) is 3.28. The third-order valence-electron chi connectivity index (χ3n) is 4.67. The molecule has 2 nitrogen and oxygen atoms in total. The fraction of sp³-hybridized carbons (Fsp3) is 0.944. The largest absolute Gasteiger partial charge is 0.392 e. The number of ketones is 1. The molecule has 1 saturated carbocycles. The van der Waals surface area contributed by atoms with Gasteiger partial charge in [-0.3, -0.25) is 4.79 Å². The first-order valence-corrected chi connectivity index (χ1v) is 8.96. The number of carbonyl (C=O) groups excluding carboxylic acids is 1.